The Labute approximate surface area is 121 Å². The Balaban J connectivity index is 2.34. The molecular weight excluding hydrogens is 254 g/mol. The van der Waals surface area contributed by atoms with Crippen molar-refractivity contribution in [1.82, 2.24) is 5.32 Å². The van der Waals surface area contributed by atoms with Crippen LogP contribution in [-0.2, 0) is 16.1 Å². The van der Waals surface area contributed by atoms with Crippen molar-refractivity contribution in [2.75, 3.05) is 13.7 Å². The van der Waals surface area contributed by atoms with E-state index in [1.54, 1.807) is 7.11 Å². The van der Waals surface area contributed by atoms with Gasteiger partial charge in [0.25, 0.3) is 0 Å². The van der Waals surface area contributed by atoms with Gasteiger partial charge in [-0.1, -0.05) is 19.1 Å². The van der Waals surface area contributed by atoms with Crippen LogP contribution < -0.4 is 10.1 Å². The molecule has 0 fully saturated rings. The summed E-state index contributed by atoms with van der Waals surface area (Å²) >= 11 is 0. The molecule has 4 heteroatoms. The van der Waals surface area contributed by atoms with Crippen LogP contribution in [0.4, 0.5) is 0 Å². The van der Waals surface area contributed by atoms with E-state index in [1.807, 2.05) is 52.0 Å². The highest BCUT2D eigenvalue weighted by Gasteiger charge is 2.21. The fourth-order valence-corrected chi connectivity index (χ4v) is 1.66. The zero-order valence-corrected chi connectivity index (χ0v) is 13.0. The van der Waals surface area contributed by atoms with Crippen LogP contribution in [0.15, 0.2) is 24.3 Å². The van der Waals surface area contributed by atoms with E-state index in [1.165, 1.54) is 0 Å². The van der Waals surface area contributed by atoms with Gasteiger partial charge in [-0.3, -0.25) is 4.79 Å². The maximum absolute atomic E-state index is 11.8. The fraction of sp³-hybridized carbons (Fsp3) is 0.562. The van der Waals surface area contributed by atoms with E-state index in [0.29, 0.717) is 6.54 Å². The molecule has 0 saturated carbocycles. The predicted octanol–water partition coefficient (Wildman–Crippen LogP) is 2.76. The molecule has 0 unspecified atom stereocenters. The lowest BCUT2D eigenvalue weighted by molar-refractivity contribution is -0.159. The zero-order chi connectivity index (χ0) is 15.2. The van der Waals surface area contributed by atoms with Gasteiger partial charge in [0.1, 0.15) is 11.4 Å². The predicted molar refractivity (Wildman–Crippen MR) is 79.7 cm³/mol. The molecule has 112 valence electrons. The summed E-state index contributed by atoms with van der Waals surface area (Å²) in [4.78, 5) is 11.8. The van der Waals surface area contributed by atoms with Gasteiger partial charge < -0.3 is 14.8 Å². The summed E-state index contributed by atoms with van der Waals surface area (Å²) in [7, 11) is 1.65. The first-order valence-corrected chi connectivity index (χ1v) is 6.88. The van der Waals surface area contributed by atoms with Gasteiger partial charge in [0, 0.05) is 13.1 Å². The molecule has 0 aliphatic carbocycles. The maximum Gasteiger partial charge on any atom is 0.310 e. The number of ether oxygens (including phenoxy) is 2. The Morgan fingerprint density at radius 3 is 2.35 bits per heavy atom. The summed E-state index contributed by atoms with van der Waals surface area (Å²) in [6.07, 6.45) is 0. The van der Waals surface area contributed by atoms with Crippen molar-refractivity contribution in [3.05, 3.63) is 29.8 Å². The SMILES string of the molecule is COc1ccc(CNC[C@H](C)C(=O)OC(C)(C)C)cc1. The average Bonchev–Trinajstić information content (AvgIpc) is 2.37. The lowest BCUT2D eigenvalue weighted by atomic mass is 10.1. The highest BCUT2D eigenvalue weighted by atomic mass is 16.6. The van der Waals surface area contributed by atoms with E-state index in [9.17, 15) is 4.79 Å². The van der Waals surface area contributed by atoms with Crippen LogP contribution in [0, 0.1) is 5.92 Å². The minimum absolute atomic E-state index is 0.160. The Morgan fingerprint density at radius 1 is 1.25 bits per heavy atom. The Kier molecular flexibility index (Phi) is 6.02. The Bertz CT molecular complexity index is 420. The molecule has 1 aromatic carbocycles. The molecule has 0 aliphatic rings. The monoisotopic (exact) mass is 279 g/mol. The highest BCUT2D eigenvalue weighted by Crippen LogP contribution is 2.12. The van der Waals surface area contributed by atoms with Crippen molar-refractivity contribution < 1.29 is 14.3 Å². The summed E-state index contributed by atoms with van der Waals surface area (Å²) in [5.74, 6) is 0.517. The van der Waals surface area contributed by atoms with Crippen LogP contribution in [-0.4, -0.2) is 25.2 Å². The highest BCUT2D eigenvalue weighted by molar-refractivity contribution is 5.72. The fourth-order valence-electron chi connectivity index (χ4n) is 1.66. The van der Waals surface area contributed by atoms with Gasteiger partial charge in [0.15, 0.2) is 0 Å². The molecule has 0 heterocycles. The lowest BCUT2D eigenvalue weighted by Gasteiger charge is -2.22. The first kappa shape index (κ1) is 16.5. The molecular formula is C16H25NO3. The van der Waals surface area contributed by atoms with Crippen molar-refractivity contribution >= 4 is 5.97 Å². The number of hydrogen-bond acceptors (Lipinski definition) is 4. The minimum atomic E-state index is -0.429. The minimum Gasteiger partial charge on any atom is -0.497 e. The first-order valence-electron chi connectivity index (χ1n) is 6.88. The summed E-state index contributed by atoms with van der Waals surface area (Å²) in [5.41, 5.74) is 0.726. The van der Waals surface area contributed by atoms with Crippen molar-refractivity contribution in [3.63, 3.8) is 0 Å². The third-order valence-corrected chi connectivity index (χ3v) is 2.75. The van der Waals surface area contributed by atoms with Crippen molar-refractivity contribution in [1.29, 1.82) is 0 Å². The molecule has 1 N–H and O–H groups in total. The van der Waals surface area contributed by atoms with Crippen molar-refractivity contribution in [3.8, 4) is 5.75 Å². The first-order chi connectivity index (χ1) is 9.31. The third-order valence-electron chi connectivity index (χ3n) is 2.75. The van der Waals surface area contributed by atoms with Crippen molar-refractivity contribution in [2.24, 2.45) is 5.92 Å². The van der Waals surface area contributed by atoms with Gasteiger partial charge in [0.05, 0.1) is 13.0 Å². The van der Waals surface area contributed by atoms with Gasteiger partial charge in [-0.15, -0.1) is 0 Å². The quantitative estimate of drug-likeness (QED) is 0.813. The summed E-state index contributed by atoms with van der Waals surface area (Å²) in [5, 5.41) is 3.26. The van der Waals surface area contributed by atoms with E-state index >= 15 is 0 Å². The molecule has 0 aromatic heterocycles. The molecule has 4 nitrogen and oxygen atoms in total. The normalized spacial score (nSPS) is 12.8. The summed E-state index contributed by atoms with van der Waals surface area (Å²) in [6, 6.07) is 7.86. The van der Waals surface area contributed by atoms with E-state index in [2.05, 4.69) is 5.32 Å². The van der Waals surface area contributed by atoms with Crippen LogP contribution >= 0.6 is 0 Å². The molecule has 1 rings (SSSR count). The number of hydrogen-bond donors (Lipinski definition) is 1. The largest absolute Gasteiger partial charge is 0.497 e. The molecule has 0 amide bonds. The standard InChI is InChI=1S/C16H25NO3/c1-12(15(18)20-16(2,3)4)10-17-11-13-6-8-14(19-5)9-7-13/h6-9,12,17H,10-11H2,1-5H3/t12-/m0/s1. The number of benzene rings is 1. The van der Waals surface area contributed by atoms with Gasteiger partial charge in [-0.2, -0.15) is 0 Å². The van der Waals surface area contributed by atoms with Crippen LogP contribution in [0.3, 0.4) is 0 Å². The average molecular weight is 279 g/mol. The van der Waals surface area contributed by atoms with Gasteiger partial charge in [0.2, 0.25) is 0 Å². The van der Waals surface area contributed by atoms with Gasteiger partial charge in [-0.25, -0.2) is 0 Å². The molecule has 0 aliphatic heterocycles. The molecule has 20 heavy (non-hydrogen) atoms. The smallest absolute Gasteiger partial charge is 0.310 e. The number of nitrogens with one attached hydrogen (secondary N) is 1. The van der Waals surface area contributed by atoms with Gasteiger partial charge in [-0.05, 0) is 38.5 Å². The Hall–Kier alpha value is -1.55. The summed E-state index contributed by atoms with van der Waals surface area (Å²) in [6.45, 7) is 8.82. The van der Waals surface area contributed by atoms with Crippen LogP contribution in [0.1, 0.15) is 33.3 Å². The van der Waals surface area contributed by atoms with Gasteiger partial charge >= 0.3 is 5.97 Å². The second-order valence-electron chi connectivity index (χ2n) is 5.91. The number of methoxy groups -OCH3 is 1. The van der Waals surface area contributed by atoms with E-state index in [4.69, 9.17) is 9.47 Å². The topological polar surface area (TPSA) is 47.6 Å². The molecule has 0 spiro atoms. The van der Waals surface area contributed by atoms with E-state index in [-0.39, 0.29) is 11.9 Å². The number of carbonyl (C=O) groups is 1. The Morgan fingerprint density at radius 2 is 1.85 bits per heavy atom. The molecule has 1 aromatic rings. The van der Waals surface area contributed by atoms with Crippen LogP contribution in [0.25, 0.3) is 0 Å². The van der Waals surface area contributed by atoms with Crippen LogP contribution in [0.5, 0.6) is 5.75 Å². The number of esters is 1. The molecule has 0 radical (unpaired) electrons. The molecule has 0 bridgehead atoms. The second kappa shape index (κ2) is 7.29. The third kappa shape index (κ3) is 6.06. The van der Waals surface area contributed by atoms with E-state index in [0.717, 1.165) is 17.9 Å². The van der Waals surface area contributed by atoms with Crippen LogP contribution in [0.2, 0.25) is 0 Å². The molecule has 0 saturated heterocycles. The second-order valence-corrected chi connectivity index (χ2v) is 5.91. The number of rotatable bonds is 6. The maximum atomic E-state index is 11.8. The zero-order valence-electron chi connectivity index (χ0n) is 13.0. The van der Waals surface area contributed by atoms with Crippen molar-refractivity contribution in [2.45, 2.75) is 39.8 Å². The van der Waals surface area contributed by atoms with E-state index < -0.39 is 5.60 Å². The molecule has 1 atom stereocenters. The summed E-state index contributed by atoms with van der Waals surface area (Å²) < 4.78 is 10.4. The lowest BCUT2D eigenvalue weighted by Crippen LogP contribution is -2.32. The number of carbonyl (C=O) groups excluding carboxylic acids is 1.